The predicted octanol–water partition coefficient (Wildman–Crippen LogP) is 5.72. The Labute approximate surface area is 191 Å². The Bertz CT molecular complexity index is 1140. The van der Waals surface area contributed by atoms with E-state index in [0.29, 0.717) is 25.9 Å². The summed E-state index contributed by atoms with van der Waals surface area (Å²) in [5.74, 6) is -0.542. The number of amides is 1. The third kappa shape index (κ3) is 6.42. The molecule has 0 saturated heterocycles. The van der Waals surface area contributed by atoms with Crippen molar-refractivity contribution in [3.8, 4) is 5.75 Å². The van der Waals surface area contributed by atoms with Gasteiger partial charge in [-0.15, -0.1) is 11.3 Å². The van der Waals surface area contributed by atoms with E-state index in [-0.39, 0.29) is 17.9 Å². The molecule has 0 aliphatic carbocycles. The highest BCUT2D eigenvalue weighted by Crippen LogP contribution is 2.32. The number of alkyl halides is 3. The first-order valence-electron chi connectivity index (χ1n) is 8.50. The minimum atomic E-state index is -4.44. The van der Waals surface area contributed by atoms with Crippen LogP contribution in [-0.4, -0.2) is 22.2 Å². The number of carbonyl (C=O) groups is 1. The van der Waals surface area contributed by atoms with E-state index in [0.717, 1.165) is 23.5 Å². The summed E-state index contributed by atoms with van der Waals surface area (Å²) in [7, 11) is 0. The van der Waals surface area contributed by atoms with Gasteiger partial charge >= 0.3 is 6.18 Å². The van der Waals surface area contributed by atoms with Crippen molar-refractivity contribution in [2.75, 3.05) is 5.32 Å². The van der Waals surface area contributed by atoms with Crippen LogP contribution >= 0.6 is 38.9 Å². The number of nitrogens with one attached hydrogen (secondary N) is 2. The Hall–Kier alpha value is -2.63. The van der Waals surface area contributed by atoms with Crippen LogP contribution < -0.4 is 10.7 Å². The lowest BCUT2D eigenvalue weighted by molar-refractivity contribution is -0.137. The maximum absolute atomic E-state index is 12.8. The molecule has 162 valence electrons. The highest BCUT2D eigenvalue weighted by molar-refractivity contribution is 9.10. The molecule has 1 heterocycles. The smallest absolute Gasteiger partial charge is 0.416 e. The molecule has 1 aromatic heterocycles. The van der Waals surface area contributed by atoms with E-state index in [2.05, 4.69) is 36.8 Å². The van der Waals surface area contributed by atoms with Crippen LogP contribution in [0, 0.1) is 0 Å². The number of benzene rings is 2. The first-order valence-corrected chi connectivity index (χ1v) is 10.6. The molecular weight excluding hydrogens is 521 g/mol. The third-order valence-corrected chi connectivity index (χ3v) is 5.41. The molecule has 0 saturated carbocycles. The molecule has 31 heavy (non-hydrogen) atoms. The van der Waals surface area contributed by atoms with Gasteiger partial charge in [-0.25, -0.2) is 10.4 Å². The molecule has 12 heteroatoms. The summed E-state index contributed by atoms with van der Waals surface area (Å²) in [6.07, 6.45) is -3.29. The Morgan fingerprint density at radius 2 is 2.10 bits per heavy atom. The standard InChI is InChI=1S/C19H13BrClF3N4O2S/c20-15-6-12(21)4-10(17(15)30)8-25-28-16(29)7-14-9-31-18(27-14)26-13-3-1-2-11(5-13)19(22,23)24/h1-6,8-9,30H,7H2,(H,26,27)(H,28,29)/b25-8-. The van der Waals surface area contributed by atoms with Crippen LogP contribution in [0.5, 0.6) is 5.75 Å². The van der Waals surface area contributed by atoms with Crippen molar-refractivity contribution in [1.82, 2.24) is 10.4 Å². The van der Waals surface area contributed by atoms with Crippen molar-refractivity contribution in [2.45, 2.75) is 12.6 Å². The van der Waals surface area contributed by atoms with Crippen LogP contribution in [0.25, 0.3) is 0 Å². The second-order valence-corrected chi connectivity index (χ2v) is 8.29. The summed E-state index contributed by atoms with van der Waals surface area (Å²) in [5, 5.41) is 18.8. The number of anilines is 2. The summed E-state index contributed by atoms with van der Waals surface area (Å²) in [4.78, 5) is 16.2. The van der Waals surface area contributed by atoms with Crippen LogP contribution in [0.4, 0.5) is 24.0 Å². The number of rotatable bonds is 6. The van der Waals surface area contributed by atoms with E-state index in [4.69, 9.17) is 11.6 Å². The van der Waals surface area contributed by atoms with Gasteiger partial charge in [0.1, 0.15) is 5.75 Å². The quantitative estimate of drug-likeness (QED) is 0.279. The first-order chi connectivity index (χ1) is 14.6. The number of halogens is 5. The molecule has 0 bridgehead atoms. The van der Waals surface area contributed by atoms with Gasteiger partial charge in [0, 0.05) is 21.7 Å². The average molecular weight is 534 g/mol. The second kappa shape index (κ2) is 9.67. The van der Waals surface area contributed by atoms with Crippen molar-refractivity contribution < 1.29 is 23.1 Å². The number of hydrogen-bond acceptors (Lipinski definition) is 6. The van der Waals surface area contributed by atoms with Gasteiger partial charge in [-0.3, -0.25) is 4.79 Å². The van der Waals surface area contributed by atoms with Gasteiger partial charge in [0.25, 0.3) is 0 Å². The van der Waals surface area contributed by atoms with Crippen molar-refractivity contribution >= 4 is 61.8 Å². The van der Waals surface area contributed by atoms with Gasteiger partial charge in [0.05, 0.1) is 28.4 Å². The molecule has 2 aromatic carbocycles. The number of hydrogen-bond donors (Lipinski definition) is 3. The molecule has 6 nitrogen and oxygen atoms in total. The van der Waals surface area contributed by atoms with Crippen LogP contribution in [0.15, 0.2) is 51.4 Å². The summed E-state index contributed by atoms with van der Waals surface area (Å²) in [6, 6.07) is 7.73. The van der Waals surface area contributed by atoms with E-state index >= 15 is 0 Å². The lowest BCUT2D eigenvalue weighted by Gasteiger charge is -2.08. The Kier molecular flexibility index (Phi) is 7.19. The highest BCUT2D eigenvalue weighted by atomic mass is 79.9. The lowest BCUT2D eigenvalue weighted by Crippen LogP contribution is -2.20. The van der Waals surface area contributed by atoms with E-state index in [1.54, 1.807) is 5.38 Å². The summed E-state index contributed by atoms with van der Waals surface area (Å²) in [5.41, 5.74) is 2.49. The third-order valence-electron chi connectivity index (χ3n) is 3.79. The van der Waals surface area contributed by atoms with Gasteiger partial charge in [-0.2, -0.15) is 18.3 Å². The zero-order chi connectivity index (χ0) is 22.6. The molecule has 0 unspecified atom stereocenters. The monoisotopic (exact) mass is 532 g/mol. The van der Waals surface area contributed by atoms with E-state index in [9.17, 15) is 23.1 Å². The largest absolute Gasteiger partial charge is 0.506 e. The number of hydrazone groups is 1. The molecule has 0 spiro atoms. The molecule has 3 aromatic rings. The molecule has 3 rings (SSSR count). The molecule has 3 N–H and O–H groups in total. The minimum absolute atomic E-state index is 0.0767. The fourth-order valence-electron chi connectivity index (χ4n) is 2.40. The summed E-state index contributed by atoms with van der Waals surface area (Å²) >= 11 is 10.2. The Balaban J connectivity index is 1.58. The molecule has 0 radical (unpaired) electrons. The zero-order valence-electron chi connectivity index (χ0n) is 15.4. The normalized spacial score (nSPS) is 11.6. The average Bonchev–Trinajstić information content (AvgIpc) is 3.11. The van der Waals surface area contributed by atoms with Gasteiger partial charge in [0.15, 0.2) is 5.13 Å². The first kappa shape index (κ1) is 23.0. The number of phenols is 1. The summed E-state index contributed by atoms with van der Waals surface area (Å²) in [6.45, 7) is 0. The van der Waals surface area contributed by atoms with Crippen molar-refractivity contribution in [3.63, 3.8) is 0 Å². The van der Waals surface area contributed by atoms with Crippen molar-refractivity contribution in [3.05, 3.63) is 68.1 Å². The molecule has 0 aliphatic heterocycles. The van der Waals surface area contributed by atoms with Crippen LogP contribution in [-0.2, 0) is 17.4 Å². The van der Waals surface area contributed by atoms with Crippen molar-refractivity contribution in [1.29, 1.82) is 0 Å². The highest BCUT2D eigenvalue weighted by Gasteiger charge is 2.30. The second-order valence-electron chi connectivity index (χ2n) is 6.14. The van der Waals surface area contributed by atoms with Gasteiger partial charge in [-0.1, -0.05) is 17.7 Å². The van der Waals surface area contributed by atoms with E-state index in [1.807, 2.05) is 0 Å². The summed E-state index contributed by atoms with van der Waals surface area (Å²) < 4.78 is 38.8. The fraction of sp³-hybridized carbons (Fsp3) is 0.105. The number of nitrogens with zero attached hydrogens (tertiary/aromatic N) is 2. The number of aromatic hydroxyl groups is 1. The maximum Gasteiger partial charge on any atom is 0.416 e. The molecular formula is C19H13BrClF3N4O2S. The van der Waals surface area contributed by atoms with E-state index in [1.165, 1.54) is 30.5 Å². The van der Waals surface area contributed by atoms with Crippen molar-refractivity contribution in [2.24, 2.45) is 5.10 Å². The van der Waals surface area contributed by atoms with Gasteiger partial charge in [0.2, 0.25) is 5.91 Å². The molecule has 0 aliphatic rings. The number of carbonyl (C=O) groups excluding carboxylic acids is 1. The zero-order valence-corrected chi connectivity index (χ0v) is 18.5. The Morgan fingerprint density at radius 1 is 1.32 bits per heavy atom. The minimum Gasteiger partial charge on any atom is -0.506 e. The number of phenolic OH excluding ortho intramolecular Hbond substituents is 1. The topological polar surface area (TPSA) is 86.6 Å². The number of thiazole rings is 1. The SMILES string of the molecule is O=C(Cc1csc(Nc2cccc(C(F)(F)F)c2)n1)N/N=C\c1cc(Cl)cc(Br)c1O. The molecule has 1 amide bonds. The Morgan fingerprint density at radius 3 is 2.84 bits per heavy atom. The predicted molar refractivity (Wildman–Crippen MR) is 117 cm³/mol. The van der Waals surface area contributed by atoms with Gasteiger partial charge in [-0.05, 0) is 46.3 Å². The van der Waals surface area contributed by atoms with Crippen LogP contribution in [0.1, 0.15) is 16.8 Å². The van der Waals surface area contributed by atoms with E-state index < -0.39 is 17.6 Å². The molecule has 0 atom stereocenters. The van der Waals surface area contributed by atoms with Crippen LogP contribution in [0.2, 0.25) is 5.02 Å². The maximum atomic E-state index is 12.8. The van der Waals surface area contributed by atoms with Crippen LogP contribution in [0.3, 0.4) is 0 Å². The number of aromatic nitrogens is 1. The van der Waals surface area contributed by atoms with Gasteiger partial charge < -0.3 is 10.4 Å². The lowest BCUT2D eigenvalue weighted by atomic mass is 10.2. The fourth-order valence-corrected chi connectivity index (χ4v) is 3.97. The molecule has 0 fully saturated rings.